The van der Waals surface area contributed by atoms with E-state index in [0.29, 0.717) is 47.3 Å². The highest BCUT2D eigenvalue weighted by Gasteiger charge is 2.38. The van der Waals surface area contributed by atoms with Gasteiger partial charge in [0, 0.05) is 25.0 Å². The highest BCUT2D eigenvalue weighted by atomic mass is 16.3. The molecule has 2 aliphatic carbocycles. The normalized spacial score (nSPS) is 22.6. The number of anilines is 2. The number of hydrogen-bond acceptors (Lipinski definition) is 7. The summed E-state index contributed by atoms with van der Waals surface area (Å²) in [4.78, 5) is 30.3. The smallest absolute Gasteiger partial charge is 0.278 e. The summed E-state index contributed by atoms with van der Waals surface area (Å²) >= 11 is 0. The van der Waals surface area contributed by atoms with Crippen LogP contribution in [0.3, 0.4) is 0 Å². The minimum Gasteiger partial charge on any atom is -0.384 e. The molecule has 1 aromatic carbocycles. The summed E-state index contributed by atoms with van der Waals surface area (Å²) in [6.07, 6.45) is 7.66. The van der Waals surface area contributed by atoms with Crippen LogP contribution >= 0.6 is 0 Å². The highest BCUT2D eigenvalue weighted by molar-refractivity contribution is 5.77. The van der Waals surface area contributed by atoms with Crippen LogP contribution in [-0.2, 0) is 30.5 Å². The molecule has 1 aliphatic heterocycles. The number of aromatic nitrogens is 5. The Labute approximate surface area is 245 Å². The van der Waals surface area contributed by atoms with Crippen molar-refractivity contribution in [2.75, 3.05) is 18.9 Å². The Balaban J connectivity index is 1.35. The molecule has 4 aromatic rings. The molecule has 3 aromatic heterocycles. The first-order valence-corrected chi connectivity index (χ1v) is 15.1. The Morgan fingerprint density at radius 3 is 2.81 bits per heavy atom. The van der Waals surface area contributed by atoms with Crippen LogP contribution in [0, 0.1) is 0 Å². The number of nitrogens with one attached hydrogen (secondary N) is 1. The first kappa shape index (κ1) is 27.0. The maximum absolute atomic E-state index is 13.5. The van der Waals surface area contributed by atoms with Gasteiger partial charge in [-0.3, -0.25) is 4.79 Å². The first-order valence-electron chi connectivity index (χ1n) is 15.1. The lowest BCUT2D eigenvalue weighted by Crippen LogP contribution is -2.37. The quantitative estimate of drug-likeness (QED) is 0.316. The van der Waals surface area contributed by atoms with Crippen molar-refractivity contribution in [2.45, 2.75) is 82.9 Å². The fourth-order valence-electron chi connectivity index (χ4n) is 7.43. The van der Waals surface area contributed by atoms with E-state index in [-0.39, 0.29) is 17.5 Å². The predicted octanol–water partition coefficient (Wildman–Crippen LogP) is 5.05. The topological polar surface area (TPSA) is 101 Å². The van der Waals surface area contributed by atoms with E-state index in [4.69, 9.17) is 9.97 Å². The van der Waals surface area contributed by atoms with Crippen molar-refractivity contribution in [1.82, 2.24) is 29.2 Å². The van der Waals surface area contributed by atoms with Gasteiger partial charge >= 0.3 is 0 Å². The summed E-state index contributed by atoms with van der Waals surface area (Å²) in [5.74, 6) is 1.53. The third-order valence-corrected chi connectivity index (χ3v) is 9.74. The molecule has 2 atom stereocenters. The molecule has 0 saturated heterocycles. The van der Waals surface area contributed by atoms with Gasteiger partial charge in [0.15, 0.2) is 11.5 Å². The Morgan fingerprint density at radius 1 is 1.19 bits per heavy atom. The summed E-state index contributed by atoms with van der Waals surface area (Å²) in [5, 5.41) is 15.1. The van der Waals surface area contributed by atoms with Crippen molar-refractivity contribution in [3.63, 3.8) is 0 Å². The number of likely N-dealkylation sites (N-methyl/N-ethyl adjacent to an activating group) is 1. The highest BCUT2D eigenvalue weighted by Crippen LogP contribution is 2.47. The van der Waals surface area contributed by atoms with Crippen LogP contribution in [0.5, 0.6) is 0 Å². The van der Waals surface area contributed by atoms with E-state index < -0.39 is 5.60 Å². The molecule has 3 aliphatic rings. The Hall–Kier alpha value is -3.82. The van der Waals surface area contributed by atoms with Gasteiger partial charge in [-0.2, -0.15) is 4.98 Å². The van der Waals surface area contributed by atoms with E-state index in [1.165, 1.54) is 23.1 Å². The van der Waals surface area contributed by atoms with E-state index in [9.17, 15) is 9.90 Å². The minimum absolute atomic E-state index is 0.0983. The molecule has 9 nitrogen and oxygen atoms in total. The molecule has 42 heavy (non-hydrogen) atoms. The largest absolute Gasteiger partial charge is 0.384 e. The van der Waals surface area contributed by atoms with Crippen molar-refractivity contribution in [3.05, 3.63) is 81.4 Å². The van der Waals surface area contributed by atoms with Crippen LogP contribution in [0.2, 0.25) is 0 Å². The van der Waals surface area contributed by atoms with E-state index >= 15 is 0 Å². The van der Waals surface area contributed by atoms with E-state index in [1.807, 2.05) is 19.1 Å². The summed E-state index contributed by atoms with van der Waals surface area (Å²) in [6, 6.07) is 8.41. The van der Waals surface area contributed by atoms with Crippen molar-refractivity contribution in [3.8, 4) is 5.82 Å². The van der Waals surface area contributed by atoms with Gasteiger partial charge in [-0.1, -0.05) is 32.9 Å². The van der Waals surface area contributed by atoms with Crippen molar-refractivity contribution in [1.29, 1.82) is 0 Å². The molecule has 0 amide bonds. The maximum Gasteiger partial charge on any atom is 0.278 e. The number of allylic oxidation sites excluding steroid dienone is 1. The summed E-state index contributed by atoms with van der Waals surface area (Å²) in [7, 11) is 2.20. The molecule has 9 heteroatoms. The Morgan fingerprint density at radius 2 is 2.02 bits per heavy atom. The van der Waals surface area contributed by atoms with Gasteiger partial charge in [0.05, 0.1) is 12.2 Å². The molecular weight excluding hydrogens is 526 g/mol. The van der Waals surface area contributed by atoms with E-state index in [2.05, 4.69) is 54.8 Å². The molecule has 4 heterocycles. The van der Waals surface area contributed by atoms with Crippen molar-refractivity contribution in [2.24, 2.45) is 0 Å². The van der Waals surface area contributed by atoms with Crippen LogP contribution < -0.4 is 10.9 Å². The van der Waals surface area contributed by atoms with Gasteiger partial charge < -0.3 is 15.3 Å². The molecule has 0 bridgehead atoms. The lowest BCUT2D eigenvalue weighted by Gasteiger charge is -2.43. The van der Waals surface area contributed by atoms with Gasteiger partial charge in [0.1, 0.15) is 11.0 Å². The van der Waals surface area contributed by atoms with Crippen molar-refractivity contribution >= 4 is 22.7 Å². The monoisotopic (exact) mass is 565 g/mol. The van der Waals surface area contributed by atoms with Gasteiger partial charge in [-0.05, 0) is 90.9 Å². The molecule has 0 spiro atoms. The molecule has 0 fully saturated rings. The Bertz CT molecular complexity index is 1800. The zero-order chi connectivity index (χ0) is 29.4. The number of rotatable bonds is 6. The maximum atomic E-state index is 13.5. The fourth-order valence-corrected chi connectivity index (χ4v) is 7.43. The molecular formula is C33H39N7O2. The average molecular weight is 566 g/mol. The zero-order valence-electron chi connectivity index (χ0n) is 24.9. The van der Waals surface area contributed by atoms with E-state index in [0.717, 1.165) is 37.2 Å². The second-order valence-corrected chi connectivity index (χ2v) is 13.0. The van der Waals surface area contributed by atoms with Crippen LogP contribution in [0.25, 0.3) is 16.9 Å². The molecule has 2 N–H and O–H groups in total. The predicted molar refractivity (Wildman–Crippen MR) is 165 cm³/mol. The lowest BCUT2D eigenvalue weighted by molar-refractivity contribution is 0.0306. The van der Waals surface area contributed by atoms with Crippen LogP contribution in [0.4, 0.5) is 11.6 Å². The standard InChI is InChI=1S/C33H39N7O2/c1-6-14-39-30(41)24-17-34-31(37-29(24)40(39)26-9-8-20-11-13-33(42,7-2)28(20)36-26)35-23-15-22-19-38(5)18-21-10-12-32(3,4)25(16-23)27(21)22/h6,8-9,15-17,21,42H,1,7,10-14,18-19H2,2-5H3,(H,34,35,37). The average Bonchev–Trinajstić information content (AvgIpc) is 3.44. The fraction of sp³-hybridized carbons (Fsp3) is 0.455. The molecule has 218 valence electrons. The second-order valence-electron chi connectivity index (χ2n) is 13.0. The van der Waals surface area contributed by atoms with Gasteiger partial charge in [0.2, 0.25) is 5.95 Å². The van der Waals surface area contributed by atoms with Gasteiger partial charge in [-0.15, -0.1) is 6.58 Å². The van der Waals surface area contributed by atoms with Gasteiger partial charge in [0.25, 0.3) is 5.56 Å². The summed E-state index contributed by atoms with van der Waals surface area (Å²) < 4.78 is 3.31. The molecule has 0 radical (unpaired) electrons. The number of hydrogen-bond donors (Lipinski definition) is 2. The van der Waals surface area contributed by atoms with Crippen molar-refractivity contribution < 1.29 is 5.11 Å². The van der Waals surface area contributed by atoms with E-state index in [1.54, 1.807) is 21.6 Å². The molecule has 7 rings (SSSR count). The summed E-state index contributed by atoms with van der Waals surface area (Å²) in [5.41, 5.74) is 6.36. The lowest BCUT2D eigenvalue weighted by atomic mass is 9.66. The number of benzene rings is 1. The molecule has 2 unspecified atom stereocenters. The third kappa shape index (κ3) is 4.13. The van der Waals surface area contributed by atoms with Crippen LogP contribution in [0.1, 0.15) is 80.3 Å². The van der Waals surface area contributed by atoms with Gasteiger partial charge in [-0.25, -0.2) is 19.3 Å². The molecule has 0 saturated carbocycles. The first-order chi connectivity index (χ1) is 20.1. The number of aliphatic hydroxyl groups is 1. The van der Waals surface area contributed by atoms with Crippen LogP contribution in [-0.4, -0.2) is 47.9 Å². The second kappa shape index (κ2) is 9.61. The SMILES string of the molecule is C=CCn1c(=O)c2cnc(Nc3cc4c5c(c3)C(C)(C)CCC5CN(C)C4)nc2n1-c1ccc2c(n1)C(O)(CC)CC2. The number of pyridine rings is 1. The summed E-state index contributed by atoms with van der Waals surface area (Å²) in [6.45, 7) is 12.8. The minimum atomic E-state index is -0.965. The third-order valence-electron chi connectivity index (χ3n) is 9.74. The zero-order valence-corrected chi connectivity index (χ0v) is 24.9. The Kier molecular flexibility index (Phi) is 6.18. The number of fused-ring (bicyclic) bond motifs is 2. The number of nitrogens with zero attached hydrogens (tertiary/aromatic N) is 6. The van der Waals surface area contributed by atoms with Crippen LogP contribution in [0.15, 0.2) is 47.9 Å². The number of aryl methyl sites for hydroxylation is 1.